The number of aryl methyl sites for hydroxylation is 1. The van der Waals surface area contributed by atoms with Gasteiger partial charge in [-0.15, -0.1) is 10.2 Å². The molecule has 3 aromatic rings. The number of aromatic nitrogens is 2. The van der Waals surface area contributed by atoms with Crippen LogP contribution in [0.2, 0.25) is 0 Å². The monoisotopic (exact) mass is 386 g/mol. The van der Waals surface area contributed by atoms with E-state index < -0.39 is 9.84 Å². The molecule has 1 aromatic heterocycles. The van der Waals surface area contributed by atoms with Crippen LogP contribution in [0.5, 0.6) is 0 Å². The highest BCUT2D eigenvalue weighted by atomic mass is 32.2. The molecule has 0 aliphatic heterocycles. The lowest BCUT2D eigenvalue weighted by atomic mass is 10.2. The van der Waals surface area contributed by atoms with Crippen molar-refractivity contribution in [1.82, 2.24) is 10.2 Å². The number of thioether (sulfide) groups is 1. The van der Waals surface area contributed by atoms with Gasteiger partial charge in [-0.1, -0.05) is 65.9 Å². The Bertz CT molecular complexity index is 979. The zero-order valence-corrected chi connectivity index (χ0v) is 15.8. The maximum absolute atomic E-state index is 12.2. The first-order chi connectivity index (χ1) is 12.5. The molecule has 0 bridgehead atoms. The predicted molar refractivity (Wildman–Crippen MR) is 102 cm³/mol. The van der Waals surface area contributed by atoms with Crippen LogP contribution in [-0.2, 0) is 16.3 Å². The lowest BCUT2D eigenvalue weighted by Gasteiger charge is -1.99. The highest BCUT2D eigenvalue weighted by molar-refractivity contribution is 7.99. The molecular weight excluding hydrogens is 368 g/mol. The number of benzene rings is 2. The van der Waals surface area contributed by atoms with Gasteiger partial charge in [-0.2, -0.15) is 0 Å². The van der Waals surface area contributed by atoms with E-state index >= 15 is 0 Å². The molecule has 0 aliphatic carbocycles. The Hall–Kier alpha value is -2.38. The molecule has 2 aromatic carbocycles. The molecule has 0 saturated heterocycles. The summed E-state index contributed by atoms with van der Waals surface area (Å²) in [5.41, 5.74) is 2.11. The summed E-state index contributed by atoms with van der Waals surface area (Å²) in [4.78, 5) is 0.285. The van der Waals surface area contributed by atoms with Gasteiger partial charge in [0.1, 0.15) is 0 Å². The van der Waals surface area contributed by atoms with E-state index in [9.17, 15) is 8.42 Å². The second-order valence-corrected chi connectivity index (χ2v) is 8.47. The lowest BCUT2D eigenvalue weighted by Crippen LogP contribution is -1.96. The van der Waals surface area contributed by atoms with Crippen molar-refractivity contribution in [3.63, 3.8) is 0 Å². The third-order valence-corrected chi connectivity index (χ3v) is 5.83. The van der Waals surface area contributed by atoms with Gasteiger partial charge in [0.15, 0.2) is 9.84 Å². The molecule has 0 unspecified atom stereocenters. The van der Waals surface area contributed by atoms with E-state index in [0.717, 1.165) is 11.1 Å². The average Bonchev–Trinajstić information content (AvgIpc) is 3.07. The molecule has 134 valence electrons. The number of rotatable bonds is 7. The summed E-state index contributed by atoms with van der Waals surface area (Å²) >= 11 is 1.30. The van der Waals surface area contributed by atoms with Crippen molar-refractivity contribution in [2.75, 3.05) is 5.75 Å². The molecule has 5 nitrogen and oxygen atoms in total. The summed E-state index contributed by atoms with van der Waals surface area (Å²) in [5.74, 6) is 0.966. The van der Waals surface area contributed by atoms with E-state index in [4.69, 9.17) is 4.42 Å². The molecule has 7 heteroatoms. The van der Waals surface area contributed by atoms with Gasteiger partial charge < -0.3 is 4.42 Å². The highest BCUT2D eigenvalue weighted by Crippen LogP contribution is 2.19. The van der Waals surface area contributed by atoms with Crippen LogP contribution in [-0.4, -0.2) is 24.4 Å². The van der Waals surface area contributed by atoms with Crippen molar-refractivity contribution >= 4 is 21.6 Å². The first-order valence-electron chi connectivity index (χ1n) is 8.00. The van der Waals surface area contributed by atoms with Crippen molar-refractivity contribution in [3.05, 3.63) is 83.1 Å². The molecule has 0 radical (unpaired) electrons. The molecule has 0 saturated carbocycles. The third-order valence-electron chi connectivity index (χ3n) is 3.57. The van der Waals surface area contributed by atoms with Crippen molar-refractivity contribution in [2.45, 2.75) is 23.5 Å². The summed E-state index contributed by atoms with van der Waals surface area (Å²) in [6.07, 6.45) is 2.16. The van der Waals surface area contributed by atoms with Crippen molar-refractivity contribution < 1.29 is 12.8 Å². The van der Waals surface area contributed by atoms with Gasteiger partial charge in [-0.3, -0.25) is 0 Å². The molecule has 0 atom stereocenters. The molecule has 0 spiro atoms. The second kappa shape index (κ2) is 8.33. The third kappa shape index (κ3) is 5.06. The molecule has 0 aliphatic rings. The van der Waals surface area contributed by atoms with Crippen LogP contribution in [0.4, 0.5) is 0 Å². The topological polar surface area (TPSA) is 73.1 Å². The molecular formula is C19H18N2O3S2. The Morgan fingerprint density at radius 1 is 1.04 bits per heavy atom. The summed E-state index contributed by atoms with van der Waals surface area (Å²) in [6, 6.07) is 16.6. The van der Waals surface area contributed by atoms with Crippen molar-refractivity contribution in [3.8, 4) is 0 Å². The normalized spacial score (nSPS) is 11.9. The van der Waals surface area contributed by atoms with Crippen molar-refractivity contribution in [2.24, 2.45) is 0 Å². The molecule has 3 rings (SSSR count). The fourth-order valence-corrected chi connectivity index (χ4v) is 3.96. The van der Waals surface area contributed by atoms with Crippen LogP contribution in [0.1, 0.15) is 17.0 Å². The van der Waals surface area contributed by atoms with E-state index in [1.807, 2.05) is 37.3 Å². The van der Waals surface area contributed by atoms with Crippen LogP contribution < -0.4 is 0 Å². The minimum Gasteiger partial charge on any atom is -0.416 e. The number of hydrogen-bond donors (Lipinski definition) is 0. The Morgan fingerprint density at radius 2 is 1.77 bits per heavy atom. The molecule has 1 heterocycles. The van der Waals surface area contributed by atoms with Crippen LogP contribution in [0.15, 0.2) is 80.6 Å². The SMILES string of the molecule is Cc1ccc(S(=O)(=O)/C=C/CSc2nnc(Cc3ccccc3)o2)cc1. The van der Waals surface area contributed by atoms with E-state index in [1.165, 1.54) is 17.2 Å². The Morgan fingerprint density at radius 3 is 2.50 bits per heavy atom. The van der Waals surface area contributed by atoms with E-state index in [0.29, 0.717) is 23.3 Å². The van der Waals surface area contributed by atoms with Crippen LogP contribution in [0.3, 0.4) is 0 Å². The summed E-state index contributed by atoms with van der Waals surface area (Å²) < 4.78 is 30.0. The molecule has 0 fully saturated rings. The lowest BCUT2D eigenvalue weighted by molar-refractivity contribution is 0.420. The fourth-order valence-electron chi connectivity index (χ4n) is 2.23. The van der Waals surface area contributed by atoms with Crippen LogP contribution in [0, 0.1) is 6.92 Å². The van der Waals surface area contributed by atoms with E-state index in [-0.39, 0.29) is 4.90 Å². The minimum atomic E-state index is -3.43. The van der Waals surface area contributed by atoms with Gasteiger partial charge in [0, 0.05) is 11.2 Å². The zero-order chi connectivity index (χ0) is 18.4. The molecule has 0 N–H and O–H groups in total. The maximum Gasteiger partial charge on any atom is 0.276 e. The summed E-state index contributed by atoms with van der Waals surface area (Å²) in [6.45, 7) is 1.92. The fraction of sp³-hybridized carbons (Fsp3) is 0.158. The van der Waals surface area contributed by atoms with Crippen molar-refractivity contribution in [1.29, 1.82) is 0 Å². The summed E-state index contributed by atoms with van der Waals surface area (Å²) in [7, 11) is -3.43. The van der Waals surface area contributed by atoms with Gasteiger partial charge in [0.25, 0.3) is 5.22 Å². The maximum atomic E-state index is 12.2. The Kier molecular flexibility index (Phi) is 5.90. The molecule has 0 amide bonds. The van der Waals surface area contributed by atoms with Gasteiger partial charge in [0.05, 0.1) is 11.3 Å². The van der Waals surface area contributed by atoms with Gasteiger partial charge >= 0.3 is 0 Å². The predicted octanol–water partition coefficient (Wildman–Crippen LogP) is 4.05. The first kappa shape index (κ1) is 18.4. The first-order valence-corrected chi connectivity index (χ1v) is 10.5. The van der Waals surface area contributed by atoms with Crippen LogP contribution in [0.25, 0.3) is 0 Å². The molecule has 26 heavy (non-hydrogen) atoms. The van der Waals surface area contributed by atoms with Crippen LogP contribution >= 0.6 is 11.8 Å². The highest BCUT2D eigenvalue weighted by Gasteiger charge is 2.10. The number of sulfone groups is 1. The largest absolute Gasteiger partial charge is 0.416 e. The second-order valence-electron chi connectivity index (χ2n) is 5.66. The smallest absolute Gasteiger partial charge is 0.276 e. The number of hydrogen-bond acceptors (Lipinski definition) is 6. The standard InChI is InChI=1S/C19H18N2O3S2/c1-15-8-10-17(11-9-15)26(22,23)13-5-12-25-19-21-20-18(24-19)14-16-6-3-2-4-7-16/h2-11,13H,12,14H2,1H3/b13-5+. The number of nitrogens with zero attached hydrogens (tertiary/aromatic N) is 2. The van der Waals surface area contributed by atoms with E-state index in [2.05, 4.69) is 10.2 Å². The Labute approximate surface area is 157 Å². The van der Waals surface area contributed by atoms with Gasteiger partial charge in [-0.25, -0.2) is 8.42 Å². The Balaban J connectivity index is 1.55. The minimum absolute atomic E-state index is 0.285. The summed E-state index contributed by atoms with van der Waals surface area (Å²) in [5, 5.41) is 9.63. The quantitative estimate of drug-likeness (QED) is 0.571. The average molecular weight is 386 g/mol. The van der Waals surface area contributed by atoms with Gasteiger partial charge in [0.2, 0.25) is 5.89 Å². The van der Waals surface area contributed by atoms with Gasteiger partial charge in [-0.05, 0) is 24.6 Å². The van der Waals surface area contributed by atoms with E-state index in [1.54, 1.807) is 30.3 Å². The zero-order valence-electron chi connectivity index (χ0n) is 14.2.